The summed E-state index contributed by atoms with van der Waals surface area (Å²) in [6, 6.07) is 16.0. The van der Waals surface area contributed by atoms with E-state index in [9.17, 15) is 9.18 Å². The average molecular weight is 381 g/mol. The maximum absolute atomic E-state index is 13.0. The van der Waals surface area contributed by atoms with Crippen LogP contribution in [0.15, 0.2) is 59.1 Å². The van der Waals surface area contributed by atoms with Gasteiger partial charge in [0, 0.05) is 30.4 Å². The van der Waals surface area contributed by atoms with Crippen molar-refractivity contribution in [3.05, 3.63) is 71.9 Å². The average Bonchev–Trinajstić information content (AvgIpc) is 3.17. The molecule has 0 atom stereocenters. The fourth-order valence-electron chi connectivity index (χ4n) is 2.87. The Hall–Kier alpha value is -3.02. The van der Waals surface area contributed by atoms with Crippen molar-refractivity contribution in [2.24, 2.45) is 0 Å². The van der Waals surface area contributed by atoms with E-state index in [1.807, 2.05) is 18.2 Å². The second-order valence-corrected chi connectivity index (χ2v) is 7.40. The van der Waals surface area contributed by atoms with Gasteiger partial charge >= 0.3 is 0 Å². The van der Waals surface area contributed by atoms with Gasteiger partial charge in [-0.3, -0.25) is 4.79 Å². The summed E-state index contributed by atoms with van der Waals surface area (Å²) in [6.07, 6.45) is 1.52. The van der Waals surface area contributed by atoms with Crippen LogP contribution in [0.3, 0.4) is 0 Å². The number of nitrogens with zero attached hydrogens (tertiary/aromatic N) is 2. The van der Waals surface area contributed by atoms with E-state index in [4.69, 9.17) is 4.52 Å². The highest BCUT2D eigenvalue weighted by Gasteiger charge is 2.21. The van der Waals surface area contributed by atoms with E-state index in [1.54, 1.807) is 12.1 Å². The fraction of sp³-hybridized carbons (Fsp3) is 0.318. The Kier molecular flexibility index (Phi) is 6.19. The van der Waals surface area contributed by atoms with Gasteiger partial charge in [-0.15, -0.1) is 0 Å². The molecule has 1 amide bonds. The molecule has 1 aromatic heterocycles. The molecule has 1 heterocycles. The first-order chi connectivity index (χ1) is 13.4. The van der Waals surface area contributed by atoms with Crippen molar-refractivity contribution < 1.29 is 13.7 Å². The van der Waals surface area contributed by atoms with Crippen molar-refractivity contribution in [2.45, 2.75) is 38.5 Å². The van der Waals surface area contributed by atoms with Crippen LogP contribution in [0.1, 0.15) is 38.1 Å². The Morgan fingerprint density at radius 2 is 1.82 bits per heavy atom. The molecule has 2 aromatic carbocycles. The Morgan fingerprint density at radius 3 is 2.54 bits per heavy atom. The van der Waals surface area contributed by atoms with Gasteiger partial charge in [0.25, 0.3) is 0 Å². The molecule has 0 radical (unpaired) electrons. The standard InChI is InChI=1S/C22H24FN3O2/c1-22(2,17-7-4-3-5-8-17)15-24-19(27)9-6-10-20-25-21(26-28-20)16-11-13-18(23)14-12-16/h3-5,7-8,11-14H,6,9-10,15H2,1-2H3,(H,24,27). The van der Waals surface area contributed by atoms with E-state index in [-0.39, 0.29) is 17.1 Å². The summed E-state index contributed by atoms with van der Waals surface area (Å²) in [4.78, 5) is 16.5. The predicted octanol–water partition coefficient (Wildman–Crippen LogP) is 4.29. The Labute approximate surface area is 164 Å². The lowest BCUT2D eigenvalue weighted by molar-refractivity contribution is -0.121. The van der Waals surface area contributed by atoms with Gasteiger partial charge in [0.2, 0.25) is 17.6 Å². The van der Waals surface area contributed by atoms with E-state index in [0.717, 1.165) is 0 Å². The van der Waals surface area contributed by atoms with Gasteiger partial charge in [0.1, 0.15) is 5.82 Å². The number of hydrogen-bond acceptors (Lipinski definition) is 4. The molecule has 28 heavy (non-hydrogen) atoms. The molecule has 0 aliphatic rings. The Morgan fingerprint density at radius 1 is 1.11 bits per heavy atom. The molecule has 0 fully saturated rings. The summed E-state index contributed by atoms with van der Waals surface area (Å²) < 4.78 is 18.2. The number of aromatic nitrogens is 2. The molecule has 0 unspecified atom stereocenters. The van der Waals surface area contributed by atoms with E-state index >= 15 is 0 Å². The minimum absolute atomic E-state index is 0.00211. The highest BCUT2D eigenvalue weighted by atomic mass is 19.1. The maximum Gasteiger partial charge on any atom is 0.226 e. The van der Waals surface area contributed by atoms with E-state index in [2.05, 4.69) is 41.4 Å². The smallest absolute Gasteiger partial charge is 0.226 e. The second-order valence-electron chi connectivity index (χ2n) is 7.40. The molecule has 3 aromatic rings. The molecule has 0 saturated carbocycles. The van der Waals surface area contributed by atoms with Gasteiger partial charge in [-0.25, -0.2) is 4.39 Å². The topological polar surface area (TPSA) is 68.0 Å². The van der Waals surface area contributed by atoms with Gasteiger partial charge in [-0.05, 0) is 36.2 Å². The monoisotopic (exact) mass is 381 g/mol. The number of benzene rings is 2. The van der Waals surface area contributed by atoms with Crippen LogP contribution >= 0.6 is 0 Å². The number of carbonyl (C=O) groups is 1. The van der Waals surface area contributed by atoms with Crippen LogP contribution in [-0.2, 0) is 16.6 Å². The van der Waals surface area contributed by atoms with Gasteiger partial charge in [-0.2, -0.15) is 4.98 Å². The minimum atomic E-state index is -0.311. The van der Waals surface area contributed by atoms with Gasteiger partial charge in [-0.1, -0.05) is 49.3 Å². The lowest BCUT2D eigenvalue weighted by Gasteiger charge is -2.25. The van der Waals surface area contributed by atoms with Crippen molar-refractivity contribution in [3.63, 3.8) is 0 Å². The maximum atomic E-state index is 13.0. The minimum Gasteiger partial charge on any atom is -0.355 e. The Bertz CT molecular complexity index is 905. The van der Waals surface area contributed by atoms with E-state index in [0.29, 0.717) is 43.1 Å². The molecular formula is C22H24FN3O2. The number of carbonyl (C=O) groups excluding carboxylic acids is 1. The van der Waals surface area contributed by atoms with Crippen LogP contribution in [0.5, 0.6) is 0 Å². The van der Waals surface area contributed by atoms with Crippen molar-refractivity contribution >= 4 is 5.91 Å². The zero-order valence-electron chi connectivity index (χ0n) is 16.1. The number of halogens is 1. The van der Waals surface area contributed by atoms with Gasteiger partial charge in [0.05, 0.1) is 0 Å². The molecule has 146 valence electrons. The molecule has 0 spiro atoms. The van der Waals surface area contributed by atoms with Crippen LogP contribution in [-0.4, -0.2) is 22.6 Å². The quantitative estimate of drug-likeness (QED) is 0.632. The molecule has 0 bridgehead atoms. The van der Waals surface area contributed by atoms with Crippen LogP contribution < -0.4 is 5.32 Å². The predicted molar refractivity (Wildman–Crippen MR) is 105 cm³/mol. The summed E-state index contributed by atoms with van der Waals surface area (Å²) >= 11 is 0. The van der Waals surface area contributed by atoms with E-state index in [1.165, 1.54) is 17.7 Å². The molecule has 0 saturated heterocycles. The first-order valence-electron chi connectivity index (χ1n) is 9.35. The molecule has 0 aliphatic carbocycles. The molecule has 1 N–H and O–H groups in total. The number of rotatable bonds is 8. The van der Waals surface area contributed by atoms with Gasteiger partial charge in [0.15, 0.2) is 0 Å². The van der Waals surface area contributed by atoms with Crippen LogP contribution in [0.4, 0.5) is 4.39 Å². The molecule has 6 heteroatoms. The fourth-order valence-corrected chi connectivity index (χ4v) is 2.87. The molecule has 0 aliphatic heterocycles. The van der Waals surface area contributed by atoms with E-state index < -0.39 is 0 Å². The number of amides is 1. The molecular weight excluding hydrogens is 357 g/mol. The Balaban J connectivity index is 1.44. The number of nitrogens with one attached hydrogen (secondary N) is 1. The summed E-state index contributed by atoms with van der Waals surface area (Å²) in [7, 11) is 0. The SMILES string of the molecule is CC(C)(CNC(=O)CCCc1nc(-c2ccc(F)cc2)no1)c1ccccc1. The van der Waals surface area contributed by atoms with Crippen molar-refractivity contribution in [1.29, 1.82) is 0 Å². The number of aryl methyl sites for hydroxylation is 1. The first kappa shape index (κ1) is 19.7. The van der Waals surface area contributed by atoms with Crippen LogP contribution in [0.2, 0.25) is 0 Å². The van der Waals surface area contributed by atoms with Crippen LogP contribution in [0, 0.1) is 5.82 Å². The van der Waals surface area contributed by atoms with Crippen molar-refractivity contribution in [3.8, 4) is 11.4 Å². The van der Waals surface area contributed by atoms with Gasteiger partial charge < -0.3 is 9.84 Å². The summed E-state index contributed by atoms with van der Waals surface area (Å²) in [5.41, 5.74) is 1.75. The van der Waals surface area contributed by atoms with Crippen molar-refractivity contribution in [2.75, 3.05) is 6.54 Å². The summed E-state index contributed by atoms with van der Waals surface area (Å²) in [5.74, 6) is 0.581. The largest absolute Gasteiger partial charge is 0.355 e. The summed E-state index contributed by atoms with van der Waals surface area (Å²) in [6.45, 7) is 4.79. The second kappa shape index (κ2) is 8.78. The third-order valence-electron chi connectivity index (χ3n) is 4.65. The van der Waals surface area contributed by atoms with Crippen molar-refractivity contribution in [1.82, 2.24) is 15.5 Å². The third-order valence-corrected chi connectivity index (χ3v) is 4.65. The highest BCUT2D eigenvalue weighted by Crippen LogP contribution is 2.22. The zero-order valence-corrected chi connectivity index (χ0v) is 16.1. The lowest BCUT2D eigenvalue weighted by Crippen LogP contribution is -2.36. The summed E-state index contributed by atoms with van der Waals surface area (Å²) in [5, 5.41) is 6.91. The lowest BCUT2D eigenvalue weighted by atomic mass is 9.84. The third kappa shape index (κ3) is 5.25. The normalized spacial score (nSPS) is 11.4. The molecule has 5 nitrogen and oxygen atoms in total. The van der Waals surface area contributed by atoms with Crippen LogP contribution in [0.25, 0.3) is 11.4 Å². The first-order valence-corrected chi connectivity index (χ1v) is 9.35. The number of hydrogen-bond donors (Lipinski definition) is 1. The molecule has 3 rings (SSSR count). The zero-order chi connectivity index (χ0) is 20.0. The highest BCUT2D eigenvalue weighted by molar-refractivity contribution is 5.76.